The van der Waals surface area contributed by atoms with Crippen LogP contribution in [0.25, 0.3) is 0 Å². The van der Waals surface area contributed by atoms with E-state index < -0.39 is 0 Å². The second-order valence-corrected chi connectivity index (χ2v) is 5.07. The molecular formula is C18H18N2O. The number of furan rings is 1. The highest BCUT2D eigenvalue weighted by molar-refractivity contribution is 5.26. The molecule has 0 saturated carbocycles. The Balaban J connectivity index is 1.78. The average molecular weight is 278 g/mol. The summed E-state index contributed by atoms with van der Waals surface area (Å²) in [7, 11) is 0. The molecule has 3 rings (SSSR count). The molecule has 2 aromatic heterocycles. The molecule has 21 heavy (non-hydrogen) atoms. The van der Waals surface area contributed by atoms with E-state index in [1.807, 2.05) is 49.5 Å². The predicted molar refractivity (Wildman–Crippen MR) is 82.8 cm³/mol. The smallest absolute Gasteiger partial charge is 0.125 e. The van der Waals surface area contributed by atoms with E-state index in [1.54, 1.807) is 6.26 Å². The van der Waals surface area contributed by atoms with Crippen molar-refractivity contribution in [3.8, 4) is 0 Å². The van der Waals surface area contributed by atoms with Crippen LogP contribution in [0.5, 0.6) is 0 Å². The van der Waals surface area contributed by atoms with E-state index in [0.29, 0.717) is 6.54 Å². The van der Waals surface area contributed by atoms with Gasteiger partial charge in [-0.15, -0.1) is 0 Å². The molecule has 1 unspecified atom stereocenters. The number of nitrogens with one attached hydrogen (secondary N) is 1. The van der Waals surface area contributed by atoms with Crippen LogP contribution >= 0.6 is 0 Å². The standard InChI is InChI=1S/C18H18N2O/c1-14-9-10-16(19-12-14)13-20-18(17-8-5-11-21-17)15-6-3-2-4-7-15/h2-12,18,20H,13H2,1H3. The van der Waals surface area contributed by atoms with Crippen molar-refractivity contribution in [1.29, 1.82) is 0 Å². The maximum absolute atomic E-state index is 5.57. The van der Waals surface area contributed by atoms with Crippen LogP contribution in [0.2, 0.25) is 0 Å². The van der Waals surface area contributed by atoms with E-state index in [1.165, 1.54) is 11.1 Å². The van der Waals surface area contributed by atoms with Crippen LogP contribution in [0.1, 0.15) is 28.6 Å². The largest absolute Gasteiger partial charge is 0.467 e. The van der Waals surface area contributed by atoms with Gasteiger partial charge in [0.25, 0.3) is 0 Å². The molecule has 0 fully saturated rings. The average Bonchev–Trinajstić information content (AvgIpc) is 3.05. The molecular weight excluding hydrogens is 260 g/mol. The van der Waals surface area contributed by atoms with Gasteiger partial charge in [0.1, 0.15) is 5.76 Å². The molecule has 0 aliphatic rings. The molecule has 0 radical (unpaired) electrons. The minimum Gasteiger partial charge on any atom is -0.467 e. The fourth-order valence-electron chi connectivity index (χ4n) is 2.29. The fourth-order valence-corrected chi connectivity index (χ4v) is 2.29. The number of hydrogen-bond acceptors (Lipinski definition) is 3. The van der Waals surface area contributed by atoms with Gasteiger partial charge < -0.3 is 4.42 Å². The lowest BCUT2D eigenvalue weighted by Gasteiger charge is -2.17. The lowest BCUT2D eigenvalue weighted by atomic mass is 10.0. The van der Waals surface area contributed by atoms with Crippen molar-refractivity contribution in [3.63, 3.8) is 0 Å². The topological polar surface area (TPSA) is 38.1 Å². The molecule has 0 amide bonds. The van der Waals surface area contributed by atoms with Gasteiger partial charge in [-0.25, -0.2) is 0 Å². The minimum absolute atomic E-state index is 0.0318. The Labute approximate surface area is 124 Å². The van der Waals surface area contributed by atoms with Crippen LogP contribution < -0.4 is 5.32 Å². The molecule has 3 aromatic rings. The highest BCUT2D eigenvalue weighted by atomic mass is 16.3. The summed E-state index contributed by atoms with van der Waals surface area (Å²) in [5, 5.41) is 3.52. The molecule has 0 aliphatic heterocycles. The van der Waals surface area contributed by atoms with Crippen molar-refractivity contribution < 1.29 is 4.42 Å². The molecule has 3 heteroatoms. The van der Waals surface area contributed by atoms with Crippen molar-refractivity contribution in [2.45, 2.75) is 19.5 Å². The Kier molecular flexibility index (Phi) is 4.12. The molecule has 0 bridgehead atoms. The first-order valence-electron chi connectivity index (χ1n) is 7.06. The third-order valence-corrected chi connectivity index (χ3v) is 3.42. The van der Waals surface area contributed by atoms with Gasteiger partial charge in [-0.2, -0.15) is 0 Å². The number of hydrogen-bond donors (Lipinski definition) is 1. The Hall–Kier alpha value is -2.39. The summed E-state index contributed by atoms with van der Waals surface area (Å²) in [6.07, 6.45) is 3.60. The van der Waals surface area contributed by atoms with Gasteiger partial charge in [0, 0.05) is 12.7 Å². The van der Waals surface area contributed by atoms with Crippen LogP contribution in [0.15, 0.2) is 71.5 Å². The number of rotatable bonds is 5. The van der Waals surface area contributed by atoms with Crippen LogP contribution in [-0.2, 0) is 6.54 Å². The first kappa shape index (κ1) is 13.6. The minimum atomic E-state index is 0.0318. The molecule has 1 N–H and O–H groups in total. The van der Waals surface area contributed by atoms with E-state index in [4.69, 9.17) is 4.42 Å². The number of nitrogens with zero attached hydrogens (tertiary/aromatic N) is 1. The van der Waals surface area contributed by atoms with Crippen LogP contribution in [0, 0.1) is 6.92 Å². The van der Waals surface area contributed by atoms with Gasteiger partial charge in [0.05, 0.1) is 18.0 Å². The van der Waals surface area contributed by atoms with E-state index in [0.717, 1.165) is 11.5 Å². The molecule has 0 saturated heterocycles. The Morgan fingerprint density at radius 3 is 2.57 bits per heavy atom. The second-order valence-electron chi connectivity index (χ2n) is 5.07. The number of aromatic nitrogens is 1. The van der Waals surface area contributed by atoms with E-state index in [-0.39, 0.29) is 6.04 Å². The number of aryl methyl sites for hydroxylation is 1. The van der Waals surface area contributed by atoms with Gasteiger partial charge in [0.15, 0.2) is 0 Å². The fraction of sp³-hybridized carbons (Fsp3) is 0.167. The van der Waals surface area contributed by atoms with Gasteiger partial charge in [0.2, 0.25) is 0 Å². The SMILES string of the molecule is Cc1ccc(CNC(c2ccccc2)c2ccco2)nc1. The quantitative estimate of drug-likeness (QED) is 0.770. The third-order valence-electron chi connectivity index (χ3n) is 3.42. The molecule has 0 spiro atoms. The van der Waals surface area contributed by atoms with Crippen molar-refractivity contribution in [2.24, 2.45) is 0 Å². The molecule has 3 nitrogen and oxygen atoms in total. The molecule has 1 aromatic carbocycles. The summed E-state index contributed by atoms with van der Waals surface area (Å²) >= 11 is 0. The third kappa shape index (κ3) is 3.38. The zero-order chi connectivity index (χ0) is 14.5. The van der Waals surface area contributed by atoms with Gasteiger partial charge in [-0.3, -0.25) is 10.3 Å². The lowest BCUT2D eigenvalue weighted by Crippen LogP contribution is -2.22. The summed E-state index contributed by atoms with van der Waals surface area (Å²) in [6.45, 7) is 2.74. The van der Waals surface area contributed by atoms with Crippen LogP contribution in [0.4, 0.5) is 0 Å². The summed E-state index contributed by atoms with van der Waals surface area (Å²) in [4.78, 5) is 4.43. The molecule has 106 valence electrons. The van der Waals surface area contributed by atoms with Crippen LogP contribution in [-0.4, -0.2) is 4.98 Å². The maximum Gasteiger partial charge on any atom is 0.125 e. The van der Waals surface area contributed by atoms with Crippen molar-refractivity contribution in [1.82, 2.24) is 10.3 Å². The summed E-state index contributed by atoms with van der Waals surface area (Å²) in [6, 6.07) is 18.4. The zero-order valence-corrected chi connectivity index (χ0v) is 12.0. The Morgan fingerprint density at radius 1 is 1.05 bits per heavy atom. The van der Waals surface area contributed by atoms with Gasteiger partial charge >= 0.3 is 0 Å². The normalized spacial score (nSPS) is 12.2. The van der Waals surface area contributed by atoms with E-state index in [2.05, 4.69) is 28.5 Å². The Morgan fingerprint density at radius 2 is 1.90 bits per heavy atom. The maximum atomic E-state index is 5.57. The van der Waals surface area contributed by atoms with Crippen molar-refractivity contribution in [3.05, 3.63) is 89.6 Å². The second kappa shape index (κ2) is 6.37. The predicted octanol–water partition coefficient (Wildman–Crippen LogP) is 3.86. The van der Waals surface area contributed by atoms with E-state index in [9.17, 15) is 0 Å². The highest BCUT2D eigenvalue weighted by Gasteiger charge is 2.16. The van der Waals surface area contributed by atoms with Gasteiger partial charge in [-0.05, 0) is 36.2 Å². The first-order valence-corrected chi connectivity index (χ1v) is 7.06. The Bertz CT molecular complexity index is 660. The molecule has 2 heterocycles. The number of pyridine rings is 1. The summed E-state index contributed by atoms with van der Waals surface area (Å²) in [5.41, 5.74) is 3.37. The van der Waals surface area contributed by atoms with Gasteiger partial charge in [-0.1, -0.05) is 36.4 Å². The monoisotopic (exact) mass is 278 g/mol. The summed E-state index contributed by atoms with van der Waals surface area (Å²) in [5.74, 6) is 0.910. The lowest BCUT2D eigenvalue weighted by molar-refractivity contribution is 0.444. The van der Waals surface area contributed by atoms with E-state index >= 15 is 0 Å². The zero-order valence-electron chi connectivity index (χ0n) is 12.0. The van der Waals surface area contributed by atoms with Crippen LogP contribution in [0.3, 0.4) is 0 Å². The number of benzene rings is 1. The molecule has 0 aliphatic carbocycles. The summed E-state index contributed by atoms with van der Waals surface area (Å²) < 4.78 is 5.57. The van der Waals surface area contributed by atoms with Crippen molar-refractivity contribution >= 4 is 0 Å². The van der Waals surface area contributed by atoms with Crippen molar-refractivity contribution in [2.75, 3.05) is 0 Å². The highest BCUT2D eigenvalue weighted by Crippen LogP contribution is 2.22. The first-order chi connectivity index (χ1) is 10.3. The molecule has 1 atom stereocenters.